The van der Waals surface area contributed by atoms with Gasteiger partial charge in [-0.05, 0) is 46.1 Å². The molecule has 0 aromatic heterocycles. The molecule has 2 heteroatoms. The van der Waals surface area contributed by atoms with Crippen LogP contribution in [-0.4, -0.2) is 23.7 Å². The van der Waals surface area contributed by atoms with Crippen molar-refractivity contribution in [1.29, 1.82) is 0 Å². The van der Waals surface area contributed by atoms with Gasteiger partial charge in [-0.25, -0.2) is 0 Å². The van der Waals surface area contributed by atoms with E-state index in [0.717, 1.165) is 29.8 Å². The molecule has 0 spiro atoms. The summed E-state index contributed by atoms with van der Waals surface area (Å²) in [5.74, 6) is 0. The second-order valence-electron chi connectivity index (χ2n) is 5.08. The van der Waals surface area contributed by atoms with E-state index in [1.165, 1.54) is 5.57 Å². The van der Waals surface area contributed by atoms with Gasteiger partial charge in [-0.2, -0.15) is 0 Å². The van der Waals surface area contributed by atoms with Crippen molar-refractivity contribution in [3.05, 3.63) is 35.7 Å². The molecule has 0 aliphatic heterocycles. The lowest BCUT2D eigenvalue weighted by molar-refractivity contribution is 0.352. The summed E-state index contributed by atoms with van der Waals surface area (Å²) in [6, 6.07) is 0.433. The van der Waals surface area contributed by atoms with E-state index < -0.39 is 0 Å². The zero-order valence-electron chi connectivity index (χ0n) is 13.7. The van der Waals surface area contributed by atoms with Crippen molar-refractivity contribution < 1.29 is 0 Å². The Bertz CT molecular complexity index is 384. The van der Waals surface area contributed by atoms with E-state index in [1.807, 2.05) is 6.20 Å². The van der Waals surface area contributed by atoms with Crippen molar-refractivity contribution in [2.24, 2.45) is 4.99 Å². The van der Waals surface area contributed by atoms with E-state index in [0.29, 0.717) is 6.04 Å². The SMILES string of the molecule is C=C(C(=C\N=C(C)CC)/C(=C/C)CC)N(C)C(C)C. The van der Waals surface area contributed by atoms with Crippen LogP contribution in [0.1, 0.15) is 54.4 Å². The van der Waals surface area contributed by atoms with Crippen molar-refractivity contribution in [3.8, 4) is 0 Å². The van der Waals surface area contributed by atoms with Crippen LogP contribution in [0, 0.1) is 0 Å². The summed E-state index contributed by atoms with van der Waals surface area (Å²) in [5, 5.41) is 0. The Morgan fingerprint density at radius 3 is 2.21 bits per heavy atom. The second kappa shape index (κ2) is 8.73. The molecule has 0 bridgehead atoms. The molecule has 0 radical (unpaired) electrons. The van der Waals surface area contributed by atoms with Crippen LogP contribution in [0.2, 0.25) is 0 Å². The first-order valence-electron chi connectivity index (χ1n) is 7.20. The fourth-order valence-electron chi connectivity index (χ4n) is 1.66. The van der Waals surface area contributed by atoms with Crippen LogP contribution in [-0.2, 0) is 0 Å². The highest BCUT2D eigenvalue weighted by Gasteiger charge is 2.13. The van der Waals surface area contributed by atoms with E-state index >= 15 is 0 Å². The van der Waals surface area contributed by atoms with Crippen LogP contribution in [0.5, 0.6) is 0 Å². The average molecular weight is 262 g/mol. The first-order chi connectivity index (χ1) is 8.88. The molecule has 2 nitrogen and oxygen atoms in total. The molecule has 19 heavy (non-hydrogen) atoms. The summed E-state index contributed by atoms with van der Waals surface area (Å²) >= 11 is 0. The Balaban J connectivity index is 5.48. The lowest BCUT2D eigenvalue weighted by atomic mass is 10.0. The van der Waals surface area contributed by atoms with Crippen LogP contribution < -0.4 is 0 Å². The molecule has 0 fully saturated rings. The molecule has 0 N–H and O–H groups in total. The maximum absolute atomic E-state index is 4.55. The molecule has 0 saturated heterocycles. The Morgan fingerprint density at radius 1 is 1.26 bits per heavy atom. The van der Waals surface area contributed by atoms with Crippen molar-refractivity contribution in [2.75, 3.05) is 7.05 Å². The maximum Gasteiger partial charge on any atom is 0.0384 e. The lowest BCUT2D eigenvalue weighted by Gasteiger charge is -2.28. The Labute approximate surface area is 119 Å². The van der Waals surface area contributed by atoms with Gasteiger partial charge in [0.15, 0.2) is 0 Å². The van der Waals surface area contributed by atoms with Gasteiger partial charge in [0, 0.05) is 36.3 Å². The van der Waals surface area contributed by atoms with Crippen molar-refractivity contribution >= 4 is 5.71 Å². The van der Waals surface area contributed by atoms with E-state index in [9.17, 15) is 0 Å². The molecular formula is C17H30N2. The number of nitrogens with zero attached hydrogens (tertiary/aromatic N) is 2. The fourth-order valence-corrected chi connectivity index (χ4v) is 1.66. The number of hydrogen-bond acceptors (Lipinski definition) is 2. The molecule has 0 aromatic rings. The Hall–Kier alpha value is -1.31. The summed E-state index contributed by atoms with van der Waals surface area (Å²) in [5.41, 5.74) is 4.63. The molecule has 0 heterocycles. The molecule has 0 unspecified atom stereocenters. The van der Waals surface area contributed by atoms with Crippen molar-refractivity contribution in [1.82, 2.24) is 4.90 Å². The third kappa shape index (κ3) is 5.46. The first kappa shape index (κ1) is 17.7. The van der Waals surface area contributed by atoms with Crippen LogP contribution in [0.3, 0.4) is 0 Å². The van der Waals surface area contributed by atoms with Gasteiger partial charge in [0.05, 0.1) is 0 Å². The normalized spacial score (nSPS) is 14.0. The van der Waals surface area contributed by atoms with Gasteiger partial charge in [0.25, 0.3) is 0 Å². The van der Waals surface area contributed by atoms with E-state index in [-0.39, 0.29) is 0 Å². The fraction of sp³-hybridized carbons (Fsp3) is 0.588. The molecular weight excluding hydrogens is 232 g/mol. The van der Waals surface area contributed by atoms with Crippen LogP contribution in [0.4, 0.5) is 0 Å². The summed E-state index contributed by atoms with van der Waals surface area (Å²) in [6.45, 7) is 17.0. The van der Waals surface area contributed by atoms with Crippen molar-refractivity contribution in [2.45, 2.75) is 60.4 Å². The van der Waals surface area contributed by atoms with E-state index in [1.54, 1.807) is 0 Å². The van der Waals surface area contributed by atoms with Gasteiger partial charge in [-0.15, -0.1) is 0 Å². The van der Waals surface area contributed by atoms with Gasteiger partial charge >= 0.3 is 0 Å². The zero-order chi connectivity index (χ0) is 15.0. The van der Waals surface area contributed by atoms with Gasteiger partial charge in [-0.1, -0.05) is 26.5 Å². The topological polar surface area (TPSA) is 15.6 Å². The highest BCUT2D eigenvalue weighted by molar-refractivity contribution is 5.82. The van der Waals surface area contributed by atoms with Crippen molar-refractivity contribution in [3.63, 3.8) is 0 Å². The minimum absolute atomic E-state index is 0.433. The molecule has 0 aliphatic rings. The quantitative estimate of drug-likeness (QED) is 0.468. The predicted octanol–water partition coefficient (Wildman–Crippen LogP) is 4.95. The molecule has 0 aromatic carbocycles. The monoisotopic (exact) mass is 262 g/mol. The summed E-state index contributed by atoms with van der Waals surface area (Å²) in [7, 11) is 2.08. The van der Waals surface area contributed by atoms with Gasteiger partial charge in [0.2, 0.25) is 0 Å². The maximum atomic E-state index is 4.55. The number of rotatable bonds is 7. The number of aliphatic imine (C=N–C) groups is 1. The van der Waals surface area contributed by atoms with Crippen LogP contribution in [0.25, 0.3) is 0 Å². The lowest BCUT2D eigenvalue weighted by Crippen LogP contribution is -2.26. The molecule has 0 amide bonds. The van der Waals surface area contributed by atoms with E-state index in [2.05, 4.69) is 71.1 Å². The summed E-state index contributed by atoms with van der Waals surface area (Å²) in [4.78, 5) is 6.75. The predicted molar refractivity (Wildman–Crippen MR) is 87.6 cm³/mol. The van der Waals surface area contributed by atoms with Crippen LogP contribution in [0.15, 0.2) is 40.7 Å². The minimum atomic E-state index is 0.433. The van der Waals surface area contributed by atoms with Gasteiger partial charge in [-0.3, -0.25) is 4.99 Å². The largest absolute Gasteiger partial charge is 0.372 e. The molecule has 0 atom stereocenters. The molecule has 0 aliphatic carbocycles. The first-order valence-corrected chi connectivity index (χ1v) is 7.20. The number of hydrogen-bond donors (Lipinski definition) is 0. The van der Waals surface area contributed by atoms with Gasteiger partial charge < -0.3 is 4.90 Å². The number of likely N-dealkylation sites (N-methyl/N-ethyl adjacent to an activating group) is 1. The highest BCUT2D eigenvalue weighted by atomic mass is 15.1. The average Bonchev–Trinajstić information content (AvgIpc) is 2.41. The highest BCUT2D eigenvalue weighted by Crippen LogP contribution is 2.24. The second-order valence-corrected chi connectivity index (χ2v) is 5.08. The Morgan fingerprint density at radius 2 is 1.84 bits per heavy atom. The zero-order valence-corrected chi connectivity index (χ0v) is 13.7. The summed E-state index contributed by atoms with van der Waals surface area (Å²) in [6.07, 6.45) is 6.10. The molecule has 0 saturated carbocycles. The Kier molecular flexibility index (Phi) is 8.13. The molecule has 0 rings (SSSR count). The third-order valence-corrected chi connectivity index (χ3v) is 3.51. The van der Waals surface area contributed by atoms with E-state index in [4.69, 9.17) is 0 Å². The minimum Gasteiger partial charge on any atom is -0.372 e. The van der Waals surface area contributed by atoms with Crippen LogP contribution >= 0.6 is 0 Å². The smallest absolute Gasteiger partial charge is 0.0384 e. The standard InChI is InChI=1S/C17H30N2/c1-9-14(6)18-12-17(16(10-2)11-3)15(7)19(8)13(4)5/h10,12-13H,7,9,11H2,1-6,8H3/b16-10+,17-12+,18-14?. The third-order valence-electron chi connectivity index (χ3n) is 3.51. The number of allylic oxidation sites excluding steroid dienone is 2. The summed E-state index contributed by atoms with van der Waals surface area (Å²) < 4.78 is 0. The molecule has 108 valence electrons. The van der Waals surface area contributed by atoms with Gasteiger partial charge in [0.1, 0.15) is 0 Å².